The SMILES string of the molecule is CCCc1c(CC(=O)OCC)sc2c1CN(C(=O)[C@H](Cc1ccc([N+](=O)[O-])cc1)NC(=O)c1ccc(C(=NC(=O)OC(C)(C)C)N(C(=O)OC(C)(C)C)C(=O)OC(C)(C)C)cc1)CC2. The Morgan fingerprint density at radius 3 is 1.92 bits per heavy atom. The number of benzene rings is 2. The predicted octanol–water partition coefficient (Wildman–Crippen LogP) is 8.49. The van der Waals surface area contributed by atoms with Crippen molar-refractivity contribution in [3.63, 3.8) is 0 Å². The minimum absolute atomic E-state index is 0.00297. The van der Waals surface area contributed by atoms with Gasteiger partial charge in [0.25, 0.3) is 11.6 Å². The van der Waals surface area contributed by atoms with Gasteiger partial charge in [-0.3, -0.25) is 24.5 Å². The molecule has 1 atom stereocenters. The van der Waals surface area contributed by atoms with E-state index in [4.69, 9.17) is 18.9 Å². The van der Waals surface area contributed by atoms with Crippen LogP contribution in [0, 0.1) is 10.1 Å². The molecule has 64 heavy (non-hydrogen) atoms. The summed E-state index contributed by atoms with van der Waals surface area (Å²) in [7, 11) is 0. The number of ether oxygens (including phenoxy) is 4. The fourth-order valence-electron chi connectivity index (χ4n) is 6.61. The van der Waals surface area contributed by atoms with E-state index in [-0.39, 0.29) is 54.7 Å². The summed E-state index contributed by atoms with van der Waals surface area (Å²) in [6.07, 6.45) is -1.30. The van der Waals surface area contributed by atoms with E-state index >= 15 is 0 Å². The number of hydrogen-bond donors (Lipinski definition) is 1. The van der Waals surface area contributed by atoms with Gasteiger partial charge in [-0.1, -0.05) is 37.6 Å². The molecule has 3 aromatic rings. The zero-order chi connectivity index (χ0) is 47.7. The summed E-state index contributed by atoms with van der Waals surface area (Å²) in [5.41, 5.74) is -0.627. The molecule has 0 saturated heterocycles. The molecular weight excluding hydrogens is 847 g/mol. The third-order valence-corrected chi connectivity index (χ3v) is 10.5. The van der Waals surface area contributed by atoms with Crippen molar-refractivity contribution in [1.29, 1.82) is 0 Å². The molecule has 0 unspecified atom stereocenters. The van der Waals surface area contributed by atoms with Crippen LogP contribution >= 0.6 is 11.3 Å². The van der Waals surface area contributed by atoms with Crippen LogP contribution in [0.4, 0.5) is 20.1 Å². The number of nitrogens with one attached hydrogen (secondary N) is 1. The number of fused-ring (bicyclic) bond motifs is 1. The highest BCUT2D eigenvalue weighted by Crippen LogP contribution is 2.35. The predicted molar refractivity (Wildman–Crippen MR) is 239 cm³/mol. The molecule has 4 rings (SSSR count). The van der Waals surface area contributed by atoms with Crippen LogP contribution < -0.4 is 5.32 Å². The maximum absolute atomic E-state index is 14.5. The van der Waals surface area contributed by atoms with Gasteiger partial charge in [0.1, 0.15) is 22.8 Å². The lowest BCUT2D eigenvalue weighted by atomic mass is 9.97. The molecule has 1 aliphatic rings. The molecule has 0 aliphatic carbocycles. The number of nitrogens with zero attached hydrogens (tertiary/aromatic N) is 4. The summed E-state index contributed by atoms with van der Waals surface area (Å²) in [5.74, 6) is -1.86. The minimum atomic E-state index is -1.19. The molecule has 0 fully saturated rings. The molecule has 1 aromatic heterocycles. The lowest BCUT2D eigenvalue weighted by Gasteiger charge is -2.31. The van der Waals surface area contributed by atoms with E-state index in [1.807, 2.05) is 6.92 Å². The second-order valence-electron chi connectivity index (χ2n) is 18.1. The third-order valence-electron chi connectivity index (χ3n) is 9.21. The molecule has 5 amide bonds. The number of thiophene rings is 1. The number of non-ortho nitro benzene ring substituents is 1. The Labute approximate surface area is 377 Å². The Kier molecular flexibility index (Phi) is 16.6. The Bertz CT molecular complexity index is 2220. The lowest BCUT2D eigenvalue weighted by Crippen LogP contribution is -2.50. The van der Waals surface area contributed by atoms with Crippen molar-refractivity contribution in [1.82, 2.24) is 15.1 Å². The fraction of sp³-hybridized carbons (Fsp3) is 0.500. The van der Waals surface area contributed by atoms with E-state index in [2.05, 4.69) is 10.3 Å². The second kappa shape index (κ2) is 21.0. The summed E-state index contributed by atoms with van der Waals surface area (Å²) in [6, 6.07) is 10.0. The monoisotopic (exact) mass is 905 g/mol. The number of esters is 1. The van der Waals surface area contributed by atoms with Crippen LogP contribution in [0.1, 0.15) is 125 Å². The van der Waals surface area contributed by atoms with Crippen LogP contribution in [0.2, 0.25) is 0 Å². The van der Waals surface area contributed by atoms with Gasteiger partial charge in [-0.25, -0.2) is 14.4 Å². The van der Waals surface area contributed by atoms with Crippen LogP contribution in [-0.4, -0.2) is 92.6 Å². The van der Waals surface area contributed by atoms with Crippen LogP contribution in [0.15, 0.2) is 53.5 Å². The number of amidine groups is 1. The van der Waals surface area contributed by atoms with Crippen LogP contribution in [0.3, 0.4) is 0 Å². The van der Waals surface area contributed by atoms with Gasteiger partial charge in [0.05, 0.1) is 18.0 Å². The van der Waals surface area contributed by atoms with E-state index in [0.717, 1.165) is 27.3 Å². The van der Waals surface area contributed by atoms with Gasteiger partial charge < -0.3 is 29.2 Å². The highest BCUT2D eigenvalue weighted by atomic mass is 32.1. The number of imide groups is 1. The molecule has 18 heteroatoms. The lowest BCUT2D eigenvalue weighted by molar-refractivity contribution is -0.384. The van der Waals surface area contributed by atoms with Crippen molar-refractivity contribution >= 4 is 58.9 Å². The zero-order valence-corrected chi connectivity index (χ0v) is 39.3. The van der Waals surface area contributed by atoms with E-state index in [1.54, 1.807) is 85.5 Å². The fourth-order valence-corrected chi connectivity index (χ4v) is 7.95. The first kappa shape index (κ1) is 50.5. The first-order chi connectivity index (χ1) is 29.8. The first-order valence-electron chi connectivity index (χ1n) is 21.1. The van der Waals surface area contributed by atoms with Crippen LogP contribution in [0.25, 0.3) is 0 Å². The van der Waals surface area contributed by atoms with E-state index in [0.29, 0.717) is 29.8 Å². The van der Waals surface area contributed by atoms with Gasteiger partial charge in [0, 0.05) is 52.5 Å². The zero-order valence-electron chi connectivity index (χ0n) is 38.4. The third kappa shape index (κ3) is 14.4. The van der Waals surface area contributed by atoms with Crippen molar-refractivity contribution < 1.29 is 52.6 Å². The average molecular weight is 906 g/mol. The molecule has 0 bridgehead atoms. The molecule has 1 aliphatic heterocycles. The van der Waals surface area contributed by atoms with Gasteiger partial charge in [0.15, 0.2) is 5.84 Å². The Balaban J connectivity index is 1.72. The number of rotatable bonds is 12. The summed E-state index contributed by atoms with van der Waals surface area (Å²) in [5, 5.41) is 14.2. The number of hydrogen-bond acceptors (Lipinski definition) is 13. The summed E-state index contributed by atoms with van der Waals surface area (Å²) in [6.45, 7) is 19.1. The second-order valence-corrected chi connectivity index (χ2v) is 19.3. The molecule has 1 N–H and O–H groups in total. The smallest absolute Gasteiger partial charge is 0.436 e. The molecular formula is C46H59N5O12S. The maximum Gasteiger partial charge on any atom is 0.436 e. The number of amides is 5. The molecule has 2 aromatic carbocycles. The van der Waals surface area contributed by atoms with Gasteiger partial charge in [-0.05, 0) is 111 Å². The normalized spacial score (nSPS) is 13.5. The number of aliphatic imine (C=N–C) groups is 1. The van der Waals surface area contributed by atoms with Gasteiger partial charge in [0.2, 0.25) is 5.91 Å². The van der Waals surface area contributed by atoms with Crippen LogP contribution in [-0.2, 0) is 60.8 Å². The van der Waals surface area contributed by atoms with Crippen molar-refractivity contribution in [2.45, 2.75) is 138 Å². The maximum atomic E-state index is 14.5. The molecule has 0 saturated carbocycles. The molecule has 0 spiro atoms. The number of carbonyl (C=O) groups is 6. The highest BCUT2D eigenvalue weighted by Gasteiger charge is 2.37. The topological polar surface area (TPSA) is 213 Å². The Morgan fingerprint density at radius 2 is 1.41 bits per heavy atom. The number of nitro benzene ring substituents is 1. The number of nitro groups is 1. The van der Waals surface area contributed by atoms with Crippen LogP contribution in [0.5, 0.6) is 0 Å². The van der Waals surface area contributed by atoms with Crippen molar-refractivity contribution in [3.05, 3.63) is 96.2 Å². The first-order valence-corrected chi connectivity index (χ1v) is 21.9. The van der Waals surface area contributed by atoms with E-state index in [9.17, 15) is 38.9 Å². The Hall–Kier alpha value is -6.17. The average Bonchev–Trinajstić information content (AvgIpc) is 3.50. The molecule has 0 radical (unpaired) electrons. The van der Waals surface area contributed by atoms with Crippen molar-refractivity contribution in [3.8, 4) is 0 Å². The summed E-state index contributed by atoms with van der Waals surface area (Å²) >= 11 is 1.56. The number of carbonyl (C=O) groups excluding carboxylic acids is 6. The molecule has 346 valence electrons. The molecule has 17 nitrogen and oxygen atoms in total. The summed E-state index contributed by atoms with van der Waals surface area (Å²) < 4.78 is 21.7. The highest BCUT2D eigenvalue weighted by molar-refractivity contribution is 7.12. The van der Waals surface area contributed by atoms with E-state index < -0.39 is 57.8 Å². The standard InChI is InChI=1S/C46H59N5O12S/c1-12-14-32-33-27-49(24-23-35(33)64-36(32)26-37(52)60-13-2)40(54)34(25-28-15-21-31(22-16-28)51(58)59)47-39(53)30-19-17-29(18-20-30)38(48-41(55)61-44(3,4)5)50(42(56)62-45(6,7)8)43(57)63-46(9,10)11/h15-22,34H,12-14,23-27H2,1-11H3,(H,47,53)/t34-/m0/s1. The van der Waals surface area contributed by atoms with Gasteiger partial charge >= 0.3 is 24.2 Å². The van der Waals surface area contributed by atoms with Gasteiger partial charge in [-0.2, -0.15) is 9.89 Å². The van der Waals surface area contributed by atoms with E-state index in [1.165, 1.54) is 48.5 Å². The van der Waals surface area contributed by atoms with Gasteiger partial charge in [-0.15, -0.1) is 11.3 Å². The van der Waals surface area contributed by atoms with Crippen molar-refractivity contribution in [2.24, 2.45) is 4.99 Å². The minimum Gasteiger partial charge on any atom is -0.466 e. The van der Waals surface area contributed by atoms with Crippen molar-refractivity contribution in [2.75, 3.05) is 13.2 Å². The summed E-state index contributed by atoms with van der Waals surface area (Å²) in [4.78, 5) is 101. The quantitative estimate of drug-likeness (QED) is 0.0452. The largest absolute Gasteiger partial charge is 0.466 e. The Morgan fingerprint density at radius 1 is 0.844 bits per heavy atom. The molecule has 2 heterocycles.